The monoisotopic (exact) mass is 626 g/mol. The van der Waals surface area contributed by atoms with Gasteiger partial charge in [0.1, 0.15) is 0 Å². The summed E-state index contributed by atoms with van der Waals surface area (Å²) in [4.78, 5) is 0. The molecule has 0 aliphatic rings. The fourth-order valence-corrected chi connectivity index (χ4v) is 7.76. The second-order valence-electron chi connectivity index (χ2n) is 10.7. The molecule has 0 saturated carbocycles. The third-order valence-electron chi connectivity index (χ3n) is 7.45. The fraction of sp³-hybridized carbons (Fsp3) is 0.750. The zero-order chi connectivity index (χ0) is 25.1. The summed E-state index contributed by atoms with van der Waals surface area (Å²) in [6, 6.07) is 5.00. The van der Waals surface area contributed by atoms with E-state index in [2.05, 4.69) is 57.8 Å². The summed E-state index contributed by atoms with van der Waals surface area (Å²) in [7, 11) is 0. The number of hydrogen-bond acceptors (Lipinski definition) is 1. The van der Waals surface area contributed by atoms with E-state index in [1.807, 2.05) is 11.3 Å². The maximum Gasteiger partial charge on any atom is 0.0853 e. The predicted molar refractivity (Wildman–Crippen MR) is 168 cm³/mol. The van der Waals surface area contributed by atoms with Crippen LogP contribution in [0.1, 0.15) is 153 Å². The SMILES string of the molecule is CCCCCCCCCCCCc1cc(CCCCCCCCCCCC)c2c(Br)c(Br)sc2c1. The van der Waals surface area contributed by atoms with E-state index in [1.54, 1.807) is 11.1 Å². The van der Waals surface area contributed by atoms with Gasteiger partial charge in [0.15, 0.2) is 0 Å². The van der Waals surface area contributed by atoms with Crippen LogP contribution in [-0.4, -0.2) is 0 Å². The molecular formula is C32H52Br2S. The summed E-state index contributed by atoms with van der Waals surface area (Å²) in [6.45, 7) is 4.60. The number of thiophene rings is 1. The Hall–Kier alpha value is 0.140. The highest BCUT2D eigenvalue weighted by atomic mass is 79.9. The van der Waals surface area contributed by atoms with E-state index >= 15 is 0 Å². The standard InChI is InChI=1S/C32H52Br2S/c1-3-5-7-9-11-13-15-17-19-21-23-27-25-28(30-29(26-27)35-32(34)31(30)33)24-22-20-18-16-14-12-10-8-6-4-2/h25-26H,3-24H2,1-2H3. The molecule has 3 heteroatoms. The molecule has 2 aromatic rings. The second kappa shape index (κ2) is 20.1. The van der Waals surface area contributed by atoms with E-state index in [0.29, 0.717) is 0 Å². The molecule has 0 amide bonds. The zero-order valence-corrected chi connectivity index (χ0v) is 26.9. The molecule has 0 nitrogen and oxygen atoms in total. The maximum absolute atomic E-state index is 3.87. The molecule has 0 saturated heterocycles. The number of fused-ring (bicyclic) bond motifs is 1. The molecule has 0 bridgehead atoms. The van der Waals surface area contributed by atoms with Gasteiger partial charge in [-0.05, 0) is 74.7 Å². The number of benzene rings is 1. The van der Waals surface area contributed by atoms with Crippen molar-refractivity contribution in [3.05, 3.63) is 31.5 Å². The first-order chi connectivity index (χ1) is 17.2. The van der Waals surface area contributed by atoms with Crippen LogP contribution in [0.4, 0.5) is 0 Å². The van der Waals surface area contributed by atoms with Gasteiger partial charge in [0.25, 0.3) is 0 Å². The van der Waals surface area contributed by atoms with Gasteiger partial charge in [-0.25, -0.2) is 0 Å². The van der Waals surface area contributed by atoms with Crippen LogP contribution >= 0.6 is 43.2 Å². The van der Waals surface area contributed by atoms with Crippen molar-refractivity contribution in [3.8, 4) is 0 Å². The lowest BCUT2D eigenvalue weighted by Crippen LogP contribution is -1.93. The van der Waals surface area contributed by atoms with Crippen LogP contribution in [0.15, 0.2) is 20.4 Å². The summed E-state index contributed by atoms with van der Waals surface area (Å²) < 4.78 is 3.97. The third kappa shape index (κ3) is 13.0. The van der Waals surface area contributed by atoms with Crippen LogP contribution in [0, 0.1) is 0 Å². The fourth-order valence-electron chi connectivity index (χ4n) is 5.27. The molecule has 0 aliphatic heterocycles. The van der Waals surface area contributed by atoms with Crippen molar-refractivity contribution in [3.63, 3.8) is 0 Å². The molecular weight excluding hydrogens is 576 g/mol. The van der Waals surface area contributed by atoms with Crippen molar-refractivity contribution in [1.82, 2.24) is 0 Å². The normalized spacial score (nSPS) is 11.7. The first kappa shape index (κ1) is 31.4. The Kier molecular flexibility index (Phi) is 18.1. The van der Waals surface area contributed by atoms with Crippen LogP contribution in [0.2, 0.25) is 0 Å². The van der Waals surface area contributed by atoms with Gasteiger partial charge >= 0.3 is 0 Å². The first-order valence-corrected chi connectivity index (χ1v) is 17.5. The molecule has 1 aromatic heterocycles. The number of halogens is 2. The lowest BCUT2D eigenvalue weighted by molar-refractivity contribution is 0.555. The molecule has 0 atom stereocenters. The Labute approximate surface area is 238 Å². The topological polar surface area (TPSA) is 0 Å². The minimum absolute atomic E-state index is 1.22. The predicted octanol–water partition coefficient (Wildman–Crippen LogP) is 13.4. The first-order valence-electron chi connectivity index (χ1n) is 15.1. The van der Waals surface area contributed by atoms with E-state index in [9.17, 15) is 0 Å². The van der Waals surface area contributed by atoms with Crippen molar-refractivity contribution < 1.29 is 0 Å². The van der Waals surface area contributed by atoms with Gasteiger partial charge in [0.05, 0.1) is 8.26 Å². The third-order valence-corrected chi connectivity index (χ3v) is 10.8. The molecule has 35 heavy (non-hydrogen) atoms. The molecule has 1 heterocycles. The quantitative estimate of drug-likeness (QED) is 0.114. The lowest BCUT2D eigenvalue weighted by atomic mass is 9.97. The smallest absolute Gasteiger partial charge is 0.0853 e. The average Bonchev–Trinajstić information content (AvgIpc) is 3.14. The van der Waals surface area contributed by atoms with Gasteiger partial charge in [-0.15, -0.1) is 11.3 Å². The molecule has 200 valence electrons. The van der Waals surface area contributed by atoms with Crippen molar-refractivity contribution in [1.29, 1.82) is 0 Å². The van der Waals surface area contributed by atoms with E-state index in [4.69, 9.17) is 0 Å². The minimum Gasteiger partial charge on any atom is -0.127 e. The van der Waals surface area contributed by atoms with Crippen LogP contribution < -0.4 is 0 Å². The van der Waals surface area contributed by atoms with Crippen molar-refractivity contribution >= 4 is 53.3 Å². The van der Waals surface area contributed by atoms with Gasteiger partial charge in [0, 0.05) is 10.1 Å². The molecule has 0 spiro atoms. The summed E-state index contributed by atoms with van der Waals surface area (Å²) in [5.74, 6) is 0. The van der Waals surface area contributed by atoms with Crippen LogP contribution in [-0.2, 0) is 12.8 Å². The van der Waals surface area contributed by atoms with Gasteiger partial charge in [0.2, 0.25) is 0 Å². The molecule has 0 radical (unpaired) electrons. The maximum atomic E-state index is 3.87. The Morgan fingerprint density at radius 3 is 1.46 bits per heavy atom. The van der Waals surface area contributed by atoms with Gasteiger partial charge in [-0.1, -0.05) is 135 Å². The number of aryl methyl sites for hydroxylation is 2. The van der Waals surface area contributed by atoms with Crippen molar-refractivity contribution in [2.24, 2.45) is 0 Å². The summed E-state index contributed by atoms with van der Waals surface area (Å²) in [6.07, 6.45) is 30.6. The summed E-state index contributed by atoms with van der Waals surface area (Å²) >= 11 is 9.54. The van der Waals surface area contributed by atoms with E-state index in [-0.39, 0.29) is 0 Å². The van der Waals surface area contributed by atoms with Gasteiger partial charge < -0.3 is 0 Å². The number of rotatable bonds is 22. The van der Waals surface area contributed by atoms with Crippen molar-refractivity contribution in [2.75, 3.05) is 0 Å². The Bertz CT molecular complexity index is 794. The average molecular weight is 629 g/mol. The lowest BCUT2D eigenvalue weighted by Gasteiger charge is -2.09. The highest BCUT2D eigenvalue weighted by molar-refractivity contribution is 9.13. The number of unbranched alkanes of at least 4 members (excludes halogenated alkanes) is 18. The highest BCUT2D eigenvalue weighted by Gasteiger charge is 2.13. The molecule has 0 fully saturated rings. The van der Waals surface area contributed by atoms with E-state index in [0.717, 1.165) is 0 Å². The van der Waals surface area contributed by atoms with Gasteiger partial charge in [-0.2, -0.15) is 0 Å². The van der Waals surface area contributed by atoms with Gasteiger partial charge in [-0.3, -0.25) is 0 Å². The van der Waals surface area contributed by atoms with Crippen LogP contribution in [0.3, 0.4) is 0 Å². The van der Waals surface area contributed by atoms with Crippen molar-refractivity contribution in [2.45, 2.75) is 155 Å². The molecule has 0 N–H and O–H groups in total. The molecule has 0 unspecified atom stereocenters. The number of hydrogen-bond donors (Lipinski definition) is 0. The minimum atomic E-state index is 1.22. The highest BCUT2D eigenvalue weighted by Crippen LogP contribution is 2.42. The Balaban J connectivity index is 1.72. The van der Waals surface area contributed by atoms with E-state index in [1.165, 1.54) is 160 Å². The Morgan fingerprint density at radius 2 is 0.971 bits per heavy atom. The second-order valence-corrected chi connectivity index (χ2v) is 13.8. The summed E-state index contributed by atoms with van der Waals surface area (Å²) in [5, 5.41) is 1.46. The van der Waals surface area contributed by atoms with E-state index < -0.39 is 0 Å². The zero-order valence-electron chi connectivity index (χ0n) is 22.9. The molecule has 2 rings (SSSR count). The van der Waals surface area contributed by atoms with Crippen LogP contribution in [0.5, 0.6) is 0 Å². The van der Waals surface area contributed by atoms with Crippen LogP contribution in [0.25, 0.3) is 10.1 Å². The molecule has 0 aliphatic carbocycles. The summed E-state index contributed by atoms with van der Waals surface area (Å²) in [5.41, 5.74) is 3.12. The largest absolute Gasteiger partial charge is 0.127 e. The molecule has 1 aromatic carbocycles. The Morgan fingerprint density at radius 1 is 0.543 bits per heavy atom.